The number of hydrogen-bond donors (Lipinski definition) is 2. The summed E-state index contributed by atoms with van der Waals surface area (Å²) in [5, 5.41) is 17.5. The maximum atomic E-state index is 10.8. The molecule has 0 aromatic heterocycles. The maximum Gasteiger partial charge on any atom is 0.456 e. The van der Waals surface area contributed by atoms with E-state index in [1.54, 1.807) is 13.8 Å². The summed E-state index contributed by atoms with van der Waals surface area (Å²) in [6.07, 6.45) is 0.310. The van der Waals surface area contributed by atoms with Crippen LogP contribution >= 0.6 is 0 Å². The van der Waals surface area contributed by atoms with Crippen LogP contribution in [0.3, 0.4) is 0 Å². The minimum Gasteiger partial charge on any atom is -0.427 e. The first-order valence-electron chi connectivity index (χ1n) is 3.35. The summed E-state index contributed by atoms with van der Waals surface area (Å²) >= 11 is 0. The Kier molecular flexibility index (Phi) is 1.61. The Hall–Kier alpha value is -0.345. The summed E-state index contributed by atoms with van der Waals surface area (Å²) in [6, 6.07) is 0. The van der Waals surface area contributed by atoms with Gasteiger partial charge < -0.3 is 10.0 Å². The van der Waals surface area contributed by atoms with E-state index in [4.69, 9.17) is 10.0 Å². The van der Waals surface area contributed by atoms with Crippen molar-refractivity contribution in [1.82, 2.24) is 0 Å². The van der Waals surface area contributed by atoms with Crippen LogP contribution in [0.2, 0.25) is 5.82 Å². The van der Waals surface area contributed by atoms with Crippen LogP contribution in [0.25, 0.3) is 0 Å². The minimum absolute atomic E-state index is 0.116. The van der Waals surface area contributed by atoms with Crippen molar-refractivity contribution in [3.05, 3.63) is 0 Å². The van der Waals surface area contributed by atoms with Gasteiger partial charge in [-0.15, -0.1) is 0 Å². The van der Waals surface area contributed by atoms with Crippen LogP contribution in [0.15, 0.2) is 0 Å². The normalized spacial score (nSPS) is 29.6. The number of carbonyl (C=O) groups is 1. The van der Waals surface area contributed by atoms with Crippen LogP contribution in [0.4, 0.5) is 0 Å². The van der Waals surface area contributed by atoms with Crippen LogP contribution in [0, 0.1) is 5.41 Å². The van der Waals surface area contributed by atoms with Gasteiger partial charge in [-0.2, -0.15) is 0 Å². The predicted octanol–water partition coefficient (Wildman–Crippen LogP) is -0.172. The molecule has 0 bridgehead atoms. The molecule has 1 aliphatic carbocycles. The van der Waals surface area contributed by atoms with E-state index in [2.05, 4.69) is 0 Å². The molecule has 2 N–H and O–H groups in total. The first-order chi connectivity index (χ1) is 4.46. The molecule has 1 saturated carbocycles. The fourth-order valence-electron chi connectivity index (χ4n) is 1.27. The van der Waals surface area contributed by atoms with Crippen molar-refractivity contribution in [3.63, 3.8) is 0 Å². The molecular weight excluding hydrogens is 131 g/mol. The number of hydrogen-bond acceptors (Lipinski definition) is 3. The molecule has 3 nitrogen and oxygen atoms in total. The highest BCUT2D eigenvalue weighted by Gasteiger charge is 2.52. The van der Waals surface area contributed by atoms with Crippen molar-refractivity contribution in [2.24, 2.45) is 5.41 Å². The van der Waals surface area contributed by atoms with Crippen molar-refractivity contribution in [3.8, 4) is 0 Å². The second-order valence-corrected chi connectivity index (χ2v) is 3.37. The molecule has 56 valence electrons. The van der Waals surface area contributed by atoms with Crippen LogP contribution in [-0.2, 0) is 4.79 Å². The van der Waals surface area contributed by atoms with Crippen LogP contribution in [0.1, 0.15) is 20.3 Å². The van der Waals surface area contributed by atoms with E-state index >= 15 is 0 Å². The van der Waals surface area contributed by atoms with Gasteiger partial charge in [-0.3, -0.25) is 4.79 Å². The Bertz CT molecular complexity index is 164. The lowest BCUT2D eigenvalue weighted by molar-refractivity contribution is -0.136. The average Bonchev–Trinajstić information content (AvgIpc) is 1.82. The molecule has 0 aromatic carbocycles. The topological polar surface area (TPSA) is 57.5 Å². The van der Waals surface area contributed by atoms with E-state index in [0.29, 0.717) is 6.42 Å². The van der Waals surface area contributed by atoms with Crippen LogP contribution in [-0.4, -0.2) is 22.9 Å². The van der Waals surface area contributed by atoms with E-state index in [1.807, 2.05) is 0 Å². The fraction of sp³-hybridized carbons (Fsp3) is 0.833. The highest BCUT2D eigenvalue weighted by atomic mass is 16.4. The maximum absolute atomic E-state index is 10.8. The van der Waals surface area contributed by atoms with Gasteiger partial charge in [0, 0.05) is 17.7 Å². The third-order valence-electron chi connectivity index (χ3n) is 2.41. The highest BCUT2D eigenvalue weighted by molar-refractivity contribution is 6.46. The fourth-order valence-corrected chi connectivity index (χ4v) is 1.27. The zero-order chi connectivity index (χ0) is 7.94. The van der Waals surface area contributed by atoms with E-state index in [1.165, 1.54) is 0 Å². The predicted molar refractivity (Wildman–Crippen MR) is 37.3 cm³/mol. The summed E-state index contributed by atoms with van der Waals surface area (Å²) in [7, 11) is -1.34. The molecule has 1 atom stereocenters. The van der Waals surface area contributed by atoms with Gasteiger partial charge in [-0.05, 0) is 0 Å². The average molecular weight is 142 g/mol. The molecule has 0 heterocycles. The van der Waals surface area contributed by atoms with Crippen molar-refractivity contribution < 1.29 is 14.8 Å². The van der Waals surface area contributed by atoms with Gasteiger partial charge in [0.2, 0.25) is 0 Å². The Morgan fingerprint density at radius 1 is 1.60 bits per heavy atom. The molecule has 0 amide bonds. The highest BCUT2D eigenvalue weighted by Crippen LogP contribution is 2.47. The van der Waals surface area contributed by atoms with E-state index in [0.717, 1.165) is 0 Å². The molecule has 1 fully saturated rings. The smallest absolute Gasteiger partial charge is 0.427 e. The summed E-state index contributed by atoms with van der Waals surface area (Å²) < 4.78 is 0. The van der Waals surface area contributed by atoms with Gasteiger partial charge in [-0.1, -0.05) is 13.8 Å². The molecular formula is C6H11BO3. The van der Waals surface area contributed by atoms with Gasteiger partial charge in [0.25, 0.3) is 0 Å². The van der Waals surface area contributed by atoms with Gasteiger partial charge in [0.15, 0.2) is 0 Å². The molecule has 4 heteroatoms. The lowest BCUT2D eigenvalue weighted by Crippen LogP contribution is -2.48. The summed E-state index contributed by atoms with van der Waals surface area (Å²) in [6.45, 7) is 3.48. The third-order valence-corrected chi connectivity index (χ3v) is 2.41. The monoisotopic (exact) mass is 142 g/mol. The molecule has 0 spiro atoms. The van der Waals surface area contributed by atoms with Crippen LogP contribution in [0.5, 0.6) is 0 Å². The van der Waals surface area contributed by atoms with E-state index in [9.17, 15) is 4.79 Å². The SMILES string of the molecule is CC1(C)C(=O)CC1B(O)O. The lowest BCUT2D eigenvalue weighted by Gasteiger charge is -2.41. The Morgan fingerprint density at radius 2 is 2.10 bits per heavy atom. The molecule has 1 rings (SSSR count). The van der Waals surface area contributed by atoms with Crippen molar-refractivity contribution in [2.75, 3.05) is 0 Å². The van der Waals surface area contributed by atoms with Crippen LogP contribution < -0.4 is 0 Å². The Labute approximate surface area is 60.2 Å². The molecule has 0 radical (unpaired) electrons. The van der Waals surface area contributed by atoms with Crippen molar-refractivity contribution >= 4 is 12.9 Å². The first kappa shape index (κ1) is 7.76. The zero-order valence-corrected chi connectivity index (χ0v) is 6.16. The van der Waals surface area contributed by atoms with E-state index in [-0.39, 0.29) is 11.6 Å². The molecule has 1 aliphatic rings. The Balaban J connectivity index is 2.63. The number of carbonyl (C=O) groups excluding carboxylic acids is 1. The summed E-state index contributed by atoms with van der Waals surface area (Å²) in [5.41, 5.74) is -0.520. The van der Waals surface area contributed by atoms with E-state index < -0.39 is 12.5 Å². The lowest BCUT2D eigenvalue weighted by atomic mass is 9.47. The molecule has 0 aromatic rings. The summed E-state index contributed by atoms with van der Waals surface area (Å²) in [4.78, 5) is 10.8. The summed E-state index contributed by atoms with van der Waals surface area (Å²) in [5.74, 6) is -0.148. The molecule has 0 aliphatic heterocycles. The third kappa shape index (κ3) is 0.878. The minimum atomic E-state index is -1.34. The number of Topliss-reactive ketones (excluding diaryl/α,β-unsaturated/α-hetero) is 1. The second kappa shape index (κ2) is 2.07. The van der Waals surface area contributed by atoms with Gasteiger partial charge in [-0.25, -0.2) is 0 Å². The van der Waals surface area contributed by atoms with Gasteiger partial charge in [0.05, 0.1) is 0 Å². The molecule has 0 saturated heterocycles. The zero-order valence-electron chi connectivity index (χ0n) is 6.16. The molecule has 10 heavy (non-hydrogen) atoms. The van der Waals surface area contributed by atoms with Crippen molar-refractivity contribution in [2.45, 2.75) is 26.1 Å². The van der Waals surface area contributed by atoms with Crippen molar-refractivity contribution in [1.29, 1.82) is 0 Å². The first-order valence-corrected chi connectivity index (χ1v) is 3.35. The number of rotatable bonds is 1. The van der Waals surface area contributed by atoms with Gasteiger partial charge in [0.1, 0.15) is 5.78 Å². The van der Waals surface area contributed by atoms with Gasteiger partial charge >= 0.3 is 7.12 Å². The quantitative estimate of drug-likeness (QED) is 0.499. The second-order valence-electron chi connectivity index (χ2n) is 3.37. The largest absolute Gasteiger partial charge is 0.456 e. The standard InChI is InChI=1S/C6H11BO3/c1-6(2)4(7(9)10)3-5(6)8/h4,9-10H,3H2,1-2H3. The Morgan fingerprint density at radius 3 is 2.20 bits per heavy atom. The number of ketones is 1. The molecule has 1 unspecified atom stereocenters.